The molecule has 1 aromatic rings. The quantitative estimate of drug-likeness (QED) is 0.859. The van der Waals surface area contributed by atoms with E-state index in [1.54, 1.807) is 18.4 Å². The summed E-state index contributed by atoms with van der Waals surface area (Å²) in [4.78, 5) is 13.9. The number of ether oxygens (including phenoxy) is 1. The molecule has 90 valence electrons. The minimum Gasteiger partial charge on any atom is -0.383 e. The second-order valence-electron chi connectivity index (χ2n) is 3.88. The van der Waals surface area contributed by atoms with Crippen molar-refractivity contribution in [3.05, 3.63) is 21.4 Å². The molecule has 1 N–H and O–H groups in total. The average Bonchev–Trinajstić information content (AvgIpc) is 2.60. The molecule has 0 radical (unpaired) electrons. The van der Waals surface area contributed by atoms with Gasteiger partial charge < -0.3 is 10.1 Å². The van der Waals surface area contributed by atoms with Crippen LogP contribution in [-0.4, -0.2) is 25.7 Å². The first-order valence-electron chi connectivity index (χ1n) is 5.47. The summed E-state index contributed by atoms with van der Waals surface area (Å²) in [6.07, 6.45) is 0.975. The second kappa shape index (κ2) is 6.01. The third kappa shape index (κ3) is 3.32. The van der Waals surface area contributed by atoms with E-state index in [4.69, 9.17) is 4.74 Å². The Kier molecular flexibility index (Phi) is 4.96. The molecule has 1 aromatic heterocycles. The Morgan fingerprint density at radius 2 is 2.31 bits per heavy atom. The molecule has 0 saturated carbocycles. The zero-order valence-electron chi connectivity index (χ0n) is 10.3. The predicted octanol–water partition coefficient (Wildman–Crippen LogP) is 2.38. The molecular formula is C12H19NO2S. The maximum atomic E-state index is 11.9. The monoisotopic (exact) mass is 241 g/mol. The van der Waals surface area contributed by atoms with E-state index < -0.39 is 0 Å². The van der Waals surface area contributed by atoms with Crippen molar-refractivity contribution in [3.63, 3.8) is 0 Å². The van der Waals surface area contributed by atoms with E-state index in [1.165, 1.54) is 10.4 Å². The van der Waals surface area contributed by atoms with E-state index in [-0.39, 0.29) is 11.9 Å². The fraction of sp³-hybridized carbons (Fsp3) is 0.583. The lowest BCUT2D eigenvalue weighted by Gasteiger charge is -2.11. The van der Waals surface area contributed by atoms with Gasteiger partial charge in [0.2, 0.25) is 0 Å². The molecule has 1 atom stereocenters. The van der Waals surface area contributed by atoms with Gasteiger partial charge in [0.1, 0.15) is 0 Å². The highest BCUT2D eigenvalue weighted by atomic mass is 32.1. The fourth-order valence-corrected chi connectivity index (χ4v) is 2.59. The SMILES string of the molecule is CCc1cc(C(=O)N[C@H](C)COC)sc1C. The van der Waals surface area contributed by atoms with Crippen LogP contribution in [0.2, 0.25) is 0 Å². The maximum Gasteiger partial charge on any atom is 0.261 e. The van der Waals surface area contributed by atoms with E-state index >= 15 is 0 Å². The first kappa shape index (κ1) is 13.2. The summed E-state index contributed by atoms with van der Waals surface area (Å²) in [5.74, 6) is -0.00245. The smallest absolute Gasteiger partial charge is 0.261 e. The Morgan fingerprint density at radius 1 is 1.62 bits per heavy atom. The standard InChI is InChI=1S/C12H19NO2S/c1-5-10-6-11(16-9(10)3)12(14)13-8(2)7-15-4/h6,8H,5,7H2,1-4H3,(H,13,14)/t8-/m1/s1. The van der Waals surface area contributed by atoms with Gasteiger partial charge >= 0.3 is 0 Å². The van der Waals surface area contributed by atoms with Gasteiger partial charge in [0, 0.05) is 18.0 Å². The number of hydrogen-bond donors (Lipinski definition) is 1. The molecule has 0 spiro atoms. The highest BCUT2D eigenvalue weighted by molar-refractivity contribution is 7.14. The lowest BCUT2D eigenvalue weighted by Crippen LogP contribution is -2.35. The molecule has 0 saturated heterocycles. The normalized spacial score (nSPS) is 12.5. The number of carbonyl (C=O) groups is 1. The van der Waals surface area contributed by atoms with Gasteiger partial charge in [-0.1, -0.05) is 6.92 Å². The minimum absolute atomic E-state index is 0.00245. The number of amides is 1. The molecule has 0 unspecified atom stereocenters. The summed E-state index contributed by atoms with van der Waals surface area (Å²) in [6.45, 7) is 6.63. The van der Waals surface area contributed by atoms with Crippen LogP contribution in [0.5, 0.6) is 0 Å². The van der Waals surface area contributed by atoms with Crippen LogP contribution in [0, 0.1) is 6.92 Å². The summed E-state index contributed by atoms with van der Waals surface area (Å²) in [5, 5.41) is 2.91. The molecule has 16 heavy (non-hydrogen) atoms. The van der Waals surface area contributed by atoms with E-state index in [0.717, 1.165) is 11.3 Å². The largest absolute Gasteiger partial charge is 0.383 e. The van der Waals surface area contributed by atoms with Gasteiger partial charge in [-0.3, -0.25) is 4.79 Å². The first-order chi connectivity index (χ1) is 7.58. The molecule has 0 aliphatic carbocycles. The van der Waals surface area contributed by atoms with Crippen LogP contribution in [0.4, 0.5) is 0 Å². The number of methoxy groups -OCH3 is 1. The van der Waals surface area contributed by atoms with Crippen molar-refractivity contribution < 1.29 is 9.53 Å². The number of hydrogen-bond acceptors (Lipinski definition) is 3. The van der Waals surface area contributed by atoms with Crippen molar-refractivity contribution >= 4 is 17.2 Å². The first-order valence-corrected chi connectivity index (χ1v) is 6.29. The number of rotatable bonds is 5. The van der Waals surface area contributed by atoms with Gasteiger partial charge in [-0.2, -0.15) is 0 Å². The van der Waals surface area contributed by atoms with Crippen molar-refractivity contribution in [2.75, 3.05) is 13.7 Å². The Hall–Kier alpha value is -0.870. The van der Waals surface area contributed by atoms with E-state index in [0.29, 0.717) is 6.61 Å². The molecular weight excluding hydrogens is 222 g/mol. The molecule has 0 bridgehead atoms. The zero-order valence-corrected chi connectivity index (χ0v) is 11.1. The van der Waals surface area contributed by atoms with Crippen LogP contribution in [-0.2, 0) is 11.2 Å². The Labute approximate surface area is 101 Å². The number of carbonyl (C=O) groups excluding carboxylic acids is 1. The van der Waals surface area contributed by atoms with Crippen molar-refractivity contribution in [1.29, 1.82) is 0 Å². The molecule has 3 nitrogen and oxygen atoms in total. The van der Waals surface area contributed by atoms with E-state index in [1.807, 2.05) is 13.0 Å². The van der Waals surface area contributed by atoms with Crippen molar-refractivity contribution in [2.24, 2.45) is 0 Å². The summed E-state index contributed by atoms with van der Waals surface area (Å²) < 4.78 is 4.98. The van der Waals surface area contributed by atoms with Crippen LogP contribution >= 0.6 is 11.3 Å². The van der Waals surface area contributed by atoms with Crippen molar-refractivity contribution in [2.45, 2.75) is 33.2 Å². The maximum absolute atomic E-state index is 11.9. The Balaban J connectivity index is 2.65. The summed E-state index contributed by atoms with van der Waals surface area (Å²) >= 11 is 1.55. The number of nitrogens with one attached hydrogen (secondary N) is 1. The van der Waals surface area contributed by atoms with Gasteiger partial charge in [0.05, 0.1) is 11.5 Å². The third-order valence-corrected chi connectivity index (χ3v) is 3.51. The summed E-state index contributed by atoms with van der Waals surface area (Å²) in [7, 11) is 1.63. The summed E-state index contributed by atoms with van der Waals surface area (Å²) in [5.41, 5.74) is 1.26. The molecule has 0 fully saturated rings. The van der Waals surface area contributed by atoms with Crippen LogP contribution in [0.25, 0.3) is 0 Å². The van der Waals surface area contributed by atoms with Crippen LogP contribution in [0.3, 0.4) is 0 Å². The van der Waals surface area contributed by atoms with E-state index in [2.05, 4.69) is 19.2 Å². The minimum atomic E-state index is -0.00245. The number of aryl methyl sites for hydroxylation is 2. The van der Waals surface area contributed by atoms with Gasteiger partial charge in [0.15, 0.2) is 0 Å². The highest BCUT2D eigenvalue weighted by Crippen LogP contribution is 2.21. The summed E-state index contributed by atoms with van der Waals surface area (Å²) in [6, 6.07) is 2.03. The van der Waals surface area contributed by atoms with Gasteiger partial charge in [0.25, 0.3) is 5.91 Å². The molecule has 0 aromatic carbocycles. The zero-order chi connectivity index (χ0) is 12.1. The lowest BCUT2D eigenvalue weighted by molar-refractivity contribution is 0.0909. The predicted molar refractivity (Wildman–Crippen MR) is 67.2 cm³/mol. The third-order valence-electron chi connectivity index (χ3n) is 2.42. The van der Waals surface area contributed by atoms with Crippen molar-refractivity contribution in [1.82, 2.24) is 5.32 Å². The topological polar surface area (TPSA) is 38.3 Å². The van der Waals surface area contributed by atoms with Crippen molar-refractivity contribution in [3.8, 4) is 0 Å². The highest BCUT2D eigenvalue weighted by Gasteiger charge is 2.13. The lowest BCUT2D eigenvalue weighted by atomic mass is 10.2. The van der Waals surface area contributed by atoms with Crippen LogP contribution in [0.1, 0.15) is 34.0 Å². The molecule has 4 heteroatoms. The molecule has 0 aliphatic heterocycles. The molecule has 1 rings (SSSR count). The second-order valence-corrected chi connectivity index (χ2v) is 5.13. The molecule has 1 amide bonds. The van der Waals surface area contributed by atoms with Crippen LogP contribution < -0.4 is 5.32 Å². The molecule has 1 heterocycles. The number of thiophene rings is 1. The van der Waals surface area contributed by atoms with Gasteiger partial charge in [-0.25, -0.2) is 0 Å². The average molecular weight is 241 g/mol. The fourth-order valence-electron chi connectivity index (χ4n) is 1.57. The Morgan fingerprint density at radius 3 is 2.81 bits per heavy atom. The van der Waals surface area contributed by atoms with E-state index in [9.17, 15) is 4.79 Å². The van der Waals surface area contributed by atoms with Crippen LogP contribution in [0.15, 0.2) is 6.07 Å². The molecule has 0 aliphatic rings. The van der Waals surface area contributed by atoms with Gasteiger partial charge in [-0.15, -0.1) is 11.3 Å². The van der Waals surface area contributed by atoms with Gasteiger partial charge in [-0.05, 0) is 31.9 Å². The Bertz CT molecular complexity index is 360.